The lowest BCUT2D eigenvalue weighted by molar-refractivity contribution is 0.482. The summed E-state index contributed by atoms with van der Waals surface area (Å²) in [6.45, 7) is 0. The summed E-state index contributed by atoms with van der Waals surface area (Å²) in [6, 6.07) is 21.8. The summed E-state index contributed by atoms with van der Waals surface area (Å²) < 4.78 is 6.00. The zero-order valence-electron chi connectivity index (χ0n) is 15.9. The number of benzene rings is 2. The van der Waals surface area contributed by atoms with Crippen LogP contribution in [0.1, 0.15) is 24.1 Å². The van der Waals surface area contributed by atoms with Crippen LogP contribution in [0.15, 0.2) is 66.9 Å². The highest BCUT2D eigenvalue weighted by Gasteiger charge is 2.21. The van der Waals surface area contributed by atoms with Crippen molar-refractivity contribution in [3.8, 4) is 17.6 Å². The van der Waals surface area contributed by atoms with Gasteiger partial charge in [0.2, 0.25) is 0 Å². The van der Waals surface area contributed by atoms with Crippen molar-refractivity contribution in [2.24, 2.45) is 5.92 Å². The zero-order valence-corrected chi connectivity index (χ0v) is 15.9. The predicted molar refractivity (Wildman–Crippen MR) is 113 cm³/mol. The van der Waals surface area contributed by atoms with Crippen LogP contribution >= 0.6 is 0 Å². The number of hydrogen-bond acceptors (Lipinski definition) is 4. The first-order valence-corrected chi connectivity index (χ1v) is 9.78. The van der Waals surface area contributed by atoms with Gasteiger partial charge in [-0.3, -0.25) is 0 Å². The average Bonchev–Trinajstić information content (AvgIpc) is 3.42. The predicted octanol–water partition coefficient (Wildman–Crippen LogP) is 5.92. The standard InChI is InChI=1S/C24H20N4O/c25-15-20-12-22(29-21-7-3-17(4-8-21)11-16-1-2-16)14-24(28-20)27-19-6-5-18-9-10-26-23(18)13-19/h3-10,12-14,16,26H,1-2,11H2,(H,27,28). The number of fused-ring (bicyclic) bond motifs is 1. The molecule has 0 aliphatic heterocycles. The quantitative estimate of drug-likeness (QED) is 0.435. The Bertz CT molecular complexity index is 1200. The smallest absolute Gasteiger partial charge is 0.146 e. The number of aromatic nitrogens is 2. The van der Waals surface area contributed by atoms with Gasteiger partial charge in [0.15, 0.2) is 0 Å². The maximum atomic E-state index is 9.36. The number of pyridine rings is 1. The molecule has 5 rings (SSSR count). The second kappa shape index (κ2) is 7.33. The van der Waals surface area contributed by atoms with Gasteiger partial charge in [-0.2, -0.15) is 5.26 Å². The van der Waals surface area contributed by atoms with Gasteiger partial charge in [-0.05, 0) is 66.5 Å². The average molecular weight is 380 g/mol. The fraction of sp³-hybridized carbons (Fsp3) is 0.167. The van der Waals surface area contributed by atoms with E-state index < -0.39 is 0 Å². The number of rotatable bonds is 6. The molecule has 2 heterocycles. The molecule has 1 fully saturated rings. The van der Waals surface area contributed by atoms with Crippen molar-refractivity contribution < 1.29 is 4.74 Å². The summed E-state index contributed by atoms with van der Waals surface area (Å²) in [5.74, 6) is 2.75. The van der Waals surface area contributed by atoms with Crippen LogP contribution in [0.2, 0.25) is 0 Å². The van der Waals surface area contributed by atoms with E-state index in [0.717, 1.165) is 34.7 Å². The summed E-state index contributed by atoms with van der Waals surface area (Å²) in [7, 11) is 0. The highest BCUT2D eigenvalue weighted by Crippen LogP contribution is 2.33. The second-order valence-corrected chi connectivity index (χ2v) is 7.48. The van der Waals surface area contributed by atoms with Gasteiger partial charge in [0.25, 0.3) is 0 Å². The Morgan fingerprint density at radius 2 is 1.90 bits per heavy atom. The van der Waals surface area contributed by atoms with Crippen molar-refractivity contribution in [2.75, 3.05) is 5.32 Å². The molecule has 0 bridgehead atoms. The maximum absolute atomic E-state index is 9.36. The van der Waals surface area contributed by atoms with Crippen molar-refractivity contribution in [3.63, 3.8) is 0 Å². The number of hydrogen-bond donors (Lipinski definition) is 2. The molecule has 29 heavy (non-hydrogen) atoms. The number of H-pyrrole nitrogens is 1. The minimum Gasteiger partial charge on any atom is -0.457 e. The van der Waals surface area contributed by atoms with Crippen molar-refractivity contribution in [2.45, 2.75) is 19.3 Å². The Morgan fingerprint density at radius 1 is 1.03 bits per heavy atom. The van der Waals surface area contributed by atoms with Gasteiger partial charge in [-0.15, -0.1) is 0 Å². The van der Waals surface area contributed by atoms with E-state index in [1.54, 1.807) is 12.1 Å². The number of ether oxygens (including phenoxy) is 1. The molecule has 0 spiro atoms. The monoisotopic (exact) mass is 380 g/mol. The molecule has 0 atom stereocenters. The van der Waals surface area contributed by atoms with Gasteiger partial charge >= 0.3 is 0 Å². The molecule has 2 aromatic carbocycles. The fourth-order valence-corrected chi connectivity index (χ4v) is 3.44. The molecule has 0 saturated heterocycles. The molecular weight excluding hydrogens is 360 g/mol. The normalized spacial score (nSPS) is 13.2. The third kappa shape index (κ3) is 4.07. The van der Waals surface area contributed by atoms with Crippen molar-refractivity contribution in [1.29, 1.82) is 5.26 Å². The topological polar surface area (TPSA) is 73.7 Å². The van der Waals surface area contributed by atoms with E-state index in [4.69, 9.17) is 4.74 Å². The molecule has 2 aromatic heterocycles. The first kappa shape index (κ1) is 17.3. The molecule has 0 unspecified atom stereocenters. The van der Waals surface area contributed by atoms with Crippen LogP contribution in [0.3, 0.4) is 0 Å². The summed E-state index contributed by atoms with van der Waals surface area (Å²) in [5.41, 5.74) is 3.57. The van der Waals surface area contributed by atoms with E-state index in [9.17, 15) is 5.26 Å². The SMILES string of the molecule is N#Cc1cc(Oc2ccc(CC3CC3)cc2)cc(Nc2ccc3cc[nH]c3c2)n1. The lowest BCUT2D eigenvalue weighted by atomic mass is 10.1. The molecule has 142 valence electrons. The van der Waals surface area contributed by atoms with E-state index in [0.29, 0.717) is 17.3 Å². The van der Waals surface area contributed by atoms with Crippen LogP contribution in [0.5, 0.6) is 11.5 Å². The fourth-order valence-electron chi connectivity index (χ4n) is 3.44. The minimum atomic E-state index is 0.302. The number of aromatic amines is 1. The molecule has 4 aromatic rings. The van der Waals surface area contributed by atoms with Crippen LogP contribution in [0, 0.1) is 17.2 Å². The summed E-state index contributed by atoms with van der Waals surface area (Å²) in [6.07, 6.45) is 5.75. The minimum absolute atomic E-state index is 0.302. The molecular formula is C24H20N4O. The van der Waals surface area contributed by atoms with Crippen LogP contribution in [0.25, 0.3) is 10.9 Å². The molecule has 1 aliphatic carbocycles. The first-order valence-electron chi connectivity index (χ1n) is 9.78. The lowest BCUT2D eigenvalue weighted by Gasteiger charge is -2.10. The summed E-state index contributed by atoms with van der Waals surface area (Å²) in [5, 5.41) is 13.8. The Hall–Kier alpha value is -3.78. The summed E-state index contributed by atoms with van der Waals surface area (Å²) in [4.78, 5) is 7.54. The number of nitriles is 1. The van der Waals surface area contributed by atoms with Crippen LogP contribution in [-0.2, 0) is 6.42 Å². The second-order valence-electron chi connectivity index (χ2n) is 7.48. The van der Waals surface area contributed by atoms with Gasteiger partial charge in [0.1, 0.15) is 29.1 Å². The zero-order chi connectivity index (χ0) is 19.6. The van der Waals surface area contributed by atoms with E-state index in [2.05, 4.69) is 33.5 Å². The third-order valence-electron chi connectivity index (χ3n) is 5.12. The van der Waals surface area contributed by atoms with Crippen LogP contribution < -0.4 is 10.1 Å². The van der Waals surface area contributed by atoms with Gasteiger partial charge in [-0.25, -0.2) is 4.98 Å². The number of nitrogens with zero attached hydrogens (tertiary/aromatic N) is 2. The van der Waals surface area contributed by atoms with E-state index in [1.807, 2.05) is 42.6 Å². The van der Waals surface area contributed by atoms with Gasteiger partial charge in [0.05, 0.1) is 0 Å². The molecule has 0 amide bonds. The Morgan fingerprint density at radius 3 is 2.69 bits per heavy atom. The Balaban J connectivity index is 1.36. The third-order valence-corrected chi connectivity index (χ3v) is 5.12. The van der Waals surface area contributed by atoms with Gasteiger partial charge in [0, 0.05) is 29.5 Å². The Labute approximate surface area is 169 Å². The van der Waals surface area contributed by atoms with Crippen molar-refractivity contribution in [1.82, 2.24) is 9.97 Å². The van der Waals surface area contributed by atoms with E-state index in [-0.39, 0.29) is 0 Å². The largest absolute Gasteiger partial charge is 0.457 e. The summed E-state index contributed by atoms with van der Waals surface area (Å²) >= 11 is 0. The molecule has 2 N–H and O–H groups in total. The first-order chi connectivity index (χ1) is 14.2. The highest BCUT2D eigenvalue weighted by atomic mass is 16.5. The molecule has 1 saturated carbocycles. The number of anilines is 2. The number of nitrogens with one attached hydrogen (secondary N) is 2. The van der Waals surface area contributed by atoms with Crippen molar-refractivity contribution >= 4 is 22.4 Å². The molecule has 0 radical (unpaired) electrons. The molecule has 1 aliphatic rings. The van der Waals surface area contributed by atoms with Crippen molar-refractivity contribution in [3.05, 3.63) is 78.1 Å². The Kier molecular flexibility index (Phi) is 4.38. The highest BCUT2D eigenvalue weighted by molar-refractivity contribution is 5.83. The van der Waals surface area contributed by atoms with E-state index >= 15 is 0 Å². The van der Waals surface area contributed by atoms with Gasteiger partial charge in [-0.1, -0.05) is 18.2 Å². The maximum Gasteiger partial charge on any atom is 0.146 e. The van der Waals surface area contributed by atoms with Crippen LogP contribution in [-0.4, -0.2) is 9.97 Å². The van der Waals surface area contributed by atoms with Gasteiger partial charge < -0.3 is 15.0 Å². The van der Waals surface area contributed by atoms with E-state index in [1.165, 1.54) is 18.4 Å². The molecule has 5 heteroatoms. The molecule has 5 nitrogen and oxygen atoms in total. The lowest BCUT2D eigenvalue weighted by Crippen LogP contribution is -1.97. The van der Waals surface area contributed by atoms with Crippen LogP contribution in [0.4, 0.5) is 11.5 Å².